The number of thiazole rings is 1. The van der Waals surface area contributed by atoms with Crippen molar-refractivity contribution in [1.82, 2.24) is 15.6 Å². The number of carbonyl (C=O) groups is 1. The van der Waals surface area contributed by atoms with Gasteiger partial charge >= 0.3 is 0 Å². The number of amides is 1. The zero-order chi connectivity index (χ0) is 15.4. The highest BCUT2D eigenvalue weighted by Gasteiger charge is 2.12. The predicted molar refractivity (Wildman–Crippen MR) is 82.4 cm³/mol. The monoisotopic (exact) mass is 307 g/mol. The lowest BCUT2D eigenvalue weighted by molar-refractivity contribution is -0.119. The number of rotatable bonds is 4. The molecular formula is C13H17N5O2S. The molecule has 0 radical (unpaired) electrons. The van der Waals surface area contributed by atoms with Crippen LogP contribution in [0.1, 0.15) is 18.2 Å². The molecule has 0 unspecified atom stereocenters. The molecule has 112 valence electrons. The third-order valence-electron chi connectivity index (χ3n) is 2.74. The molecule has 0 atom stereocenters. The molecule has 2 heterocycles. The van der Waals surface area contributed by atoms with Gasteiger partial charge in [-0.25, -0.2) is 4.98 Å². The van der Waals surface area contributed by atoms with Crippen LogP contribution < -0.4 is 16.4 Å². The molecule has 0 aliphatic heterocycles. The zero-order valence-electron chi connectivity index (χ0n) is 12.1. The molecule has 0 saturated carbocycles. The highest BCUT2D eigenvalue weighted by atomic mass is 32.1. The Kier molecular flexibility index (Phi) is 4.59. The van der Waals surface area contributed by atoms with Crippen LogP contribution in [0.2, 0.25) is 0 Å². The molecule has 0 spiro atoms. The van der Waals surface area contributed by atoms with Gasteiger partial charge in [0.15, 0.2) is 11.7 Å². The van der Waals surface area contributed by atoms with Gasteiger partial charge in [-0.15, -0.1) is 11.3 Å². The predicted octanol–water partition coefficient (Wildman–Crippen LogP) is 1.51. The van der Waals surface area contributed by atoms with E-state index in [9.17, 15) is 4.79 Å². The number of nitrogens with two attached hydrogens (primary N) is 1. The van der Waals surface area contributed by atoms with Crippen molar-refractivity contribution in [2.75, 3.05) is 7.05 Å². The molecule has 0 bridgehead atoms. The van der Waals surface area contributed by atoms with Crippen LogP contribution in [0.25, 0.3) is 11.5 Å². The van der Waals surface area contributed by atoms with Crippen molar-refractivity contribution < 1.29 is 9.21 Å². The molecule has 21 heavy (non-hydrogen) atoms. The third kappa shape index (κ3) is 3.82. The third-order valence-corrected chi connectivity index (χ3v) is 3.47. The lowest BCUT2D eigenvalue weighted by Crippen LogP contribution is -2.27. The van der Waals surface area contributed by atoms with Crippen LogP contribution in [0.4, 0.5) is 5.13 Å². The Morgan fingerprint density at radius 1 is 1.57 bits per heavy atom. The Hall–Kier alpha value is -2.35. The molecule has 0 fully saturated rings. The van der Waals surface area contributed by atoms with Crippen molar-refractivity contribution in [3.63, 3.8) is 0 Å². The SMILES string of the molecule is CN/C(N)=N/c1nc(-c2cc(C)c(CNC(C)=O)o2)cs1. The molecular weight excluding hydrogens is 290 g/mol. The van der Waals surface area contributed by atoms with Gasteiger partial charge in [-0.3, -0.25) is 4.79 Å². The van der Waals surface area contributed by atoms with Gasteiger partial charge < -0.3 is 20.8 Å². The van der Waals surface area contributed by atoms with Crippen LogP contribution in [0, 0.1) is 6.92 Å². The number of carbonyl (C=O) groups excluding carboxylic acids is 1. The van der Waals surface area contributed by atoms with E-state index in [1.807, 2.05) is 18.4 Å². The Balaban J connectivity index is 2.19. The van der Waals surface area contributed by atoms with Crippen molar-refractivity contribution >= 4 is 28.3 Å². The number of nitrogens with one attached hydrogen (secondary N) is 2. The number of furan rings is 1. The van der Waals surface area contributed by atoms with Gasteiger partial charge in [0.25, 0.3) is 0 Å². The van der Waals surface area contributed by atoms with E-state index in [2.05, 4.69) is 20.6 Å². The normalized spacial score (nSPS) is 11.5. The summed E-state index contributed by atoms with van der Waals surface area (Å²) in [6, 6.07) is 1.89. The van der Waals surface area contributed by atoms with Crippen LogP contribution in [0.5, 0.6) is 0 Å². The van der Waals surface area contributed by atoms with Gasteiger partial charge in [0.05, 0.1) is 6.54 Å². The van der Waals surface area contributed by atoms with Crippen LogP contribution in [-0.4, -0.2) is 23.9 Å². The number of aryl methyl sites for hydroxylation is 1. The van der Waals surface area contributed by atoms with Gasteiger partial charge in [0.2, 0.25) is 11.0 Å². The second-order valence-electron chi connectivity index (χ2n) is 4.39. The first-order valence-electron chi connectivity index (χ1n) is 6.31. The Labute approximate surface area is 126 Å². The Morgan fingerprint density at radius 3 is 3.00 bits per heavy atom. The van der Waals surface area contributed by atoms with E-state index >= 15 is 0 Å². The van der Waals surface area contributed by atoms with E-state index in [1.165, 1.54) is 18.3 Å². The summed E-state index contributed by atoms with van der Waals surface area (Å²) < 4.78 is 5.73. The standard InChI is InChI=1S/C13H17N5O2S/c1-7-4-10(20-11(7)5-16-8(2)19)9-6-21-13(17-9)18-12(14)15-3/h4,6H,5H2,1-3H3,(H,16,19)(H3,14,15,17,18). The van der Waals surface area contributed by atoms with E-state index in [0.717, 1.165) is 5.56 Å². The molecule has 0 aliphatic rings. The molecule has 0 saturated heterocycles. The minimum Gasteiger partial charge on any atom is -0.457 e. The summed E-state index contributed by atoms with van der Waals surface area (Å²) in [5, 5.41) is 7.84. The number of aromatic nitrogens is 1. The summed E-state index contributed by atoms with van der Waals surface area (Å²) in [5.41, 5.74) is 7.25. The largest absolute Gasteiger partial charge is 0.457 e. The summed E-state index contributed by atoms with van der Waals surface area (Å²) in [4.78, 5) is 19.4. The fourth-order valence-corrected chi connectivity index (χ4v) is 2.30. The molecule has 7 nitrogen and oxygen atoms in total. The average Bonchev–Trinajstić information content (AvgIpc) is 3.03. The molecule has 8 heteroatoms. The zero-order valence-corrected chi connectivity index (χ0v) is 12.9. The molecule has 0 aliphatic carbocycles. The molecule has 1 amide bonds. The number of hydrogen-bond donors (Lipinski definition) is 3. The van der Waals surface area contributed by atoms with Gasteiger partial charge in [-0.1, -0.05) is 0 Å². The van der Waals surface area contributed by atoms with E-state index in [4.69, 9.17) is 10.2 Å². The summed E-state index contributed by atoms with van der Waals surface area (Å²) in [7, 11) is 1.69. The highest BCUT2D eigenvalue weighted by Crippen LogP contribution is 2.29. The number of aliphatic imine (C=N–C) groups is 1. The van der Waals surface area contributed by atoms with Crippen molar-refractivity contribution in [3.05, 3.63) is 22.8 Å². The second-order valence-corrected chi connectivity index (χ2v) is 5.23. The minimum absolute atomic E-state index is 0.0971. The molecule has 2 aromatic heterocycles. The Morgan fingerprint density at radius 2 is 2.33 bits per heavy atom. The van der Waals surface area contributed by atoms with Crippen LogP contribution in [0.3, 0.4) is 0 Å². The lowest BCUT2D eigenvalue weighted by atomic mass is 10.2. The smallest absolute Gasteiger partial charge is 0.217 e. The van der Waals surface area contributed by atoms with Gasteiger partial charge in [0, 0.05) is 19.4 Å². The van der Waals surface area contributed by atoms with E-state index in [-0.39, 0.29) is 5.91 Å². The molecule has 2 rings (SSSR count). The quantitative estimate of drug-likeness (QED) is 0.586. The molecule has 0 aromatic carbocycles. The van der Waals surface area contributed by atoms with Crippen molar-refractivity contribution in [2.45, 2.75) is 20.4 Å². The summed E-state index contributed by atoms with van der Waals surface area (Å²) in [6.45, 7) is 3.76. The lowest BCUT2D eigenvalue weighted by Gasteiger charge is -1.99. The van der Waals surface area contributed by atoms with Crippen LogP contribution in [0.15, 0.2) is 20.9 Å². The number of guanidine groups is 1. The van der Waals surface area contributed by atoms with Crippen LogP contribution in [-0.2, 0) is 11.3 Å². The maximum absolute atomic E-state index is 10.9. The fraction of sp³-hybridized carbons (Fsp3) is 0.308. The van der Waals surface area contributed by atoms with Crippen molar-refractivity contribution in [1.29, 1.82) is 0 Å². The summed E-state index contributed by atoms with van der Waals surface area (Å²) >= 11 is 1.37. The van der Waals surface area contributed by atoms with Crippen molar-refractivity contribution in [2.24, 2.45) is 10.7 Å². The molecule has 4 N–H and O–H groups in total. The van der Waals surface area contributed by atoms with E-state index in [0.29, 0.717) is 34.9 Å². The maximum Gasteiger partial charge on any atom is 0.217 e. The maximum atomic E-state index is 10.9. The van der Waals surface area contributed by atoms with Gasteiger partial charge in [-0.05, 0) is 18.6 Å². The number of nitrogens with zero attached hydrogens (tertiary/aromatic N) is 2. The summed E-state index contributed by atoms with van der Waals surface area (Å²) in [6.07, 6.45) is 0. The Bertz CT molecular complexity index is 674. The topological polar surface area (TPSA) is 106 Å². The van der Waals surface area contributed by atoms with Gasteiger partial charge in [0.1, 0.15) is 11.5 Å². The van der Waals surface area contributed by atoms with E-state index in [1.54, 1.807) is 7.05 Å². The average molecular weight is 307 g/mol. The van der Waals surface area contributed by atoms with E-state index < -0.39 is 0 Å². The van der Waals surface area contributed by atoms with Crippen LogP contribution >= 0.6 is 11.3 Å². The first-order chi connectivity index (χ1) is 9.99. The second kappa shape index (κ2) is 6.40. The van der Waals surface area contributed by atoms with Crippen molar-refractivity contribution in [3.8, 4) is 11.5 Å². The summed E-state index contributed by atoms with van der Waals surface area (Å²) in [5.74, 6) is 1.57. The van der Waals surface area contributed by atoms with Gasteiger partial charge in [-0.2, -0.15) is 4.99 Å². The fourth-order valence-electron chi connectivity index (χ4n) is 1.61. The first-order valence-corrected chi connectivity index (χ1v) is 7.19. The number of hydrogen-bond acceptors (Lipinski definition) is 5. The highest BCUT2D eigenvalue weighted by molar-refractivity contribution is 7.13. The first kappa shape index (κ1) is 15.0. The molecule has 2 aromatic rings. The minimum atomic E-state index is -0.0971.